The molecule has 0 aliphatic rings. The molecule has 0 radical (unpaired) electrons. The molecule has 0 atom stereocenters. The third kappa shape index (κ3) is 7.52. The molecule has 1 rings (SSSR count). The second kappa shape index (κ2) is 9.31. The Morgan fingerprint density at radius 2 is 1.74 bits per heavy atom. The standard InChI is InChI=1S/C15H23IN2O/c1-18(2)12-6-4-3-5-11-17-15(19)13-7-9-14(16)10-8-13/h7-10H,3-6,11-12H2,1-2H3,(H,17,19)/i16-3. The lowest BCUT2D eigenvalue weighted by molar-refractivity contribution is 0.0953. The van der Waals surface area contributed by atoms with Crippen molar-refractivity contribution in [3.05, 3.63) is 33.4 Å². The van der Waals surface area contributed by atoms with Crippen LogP contribution in [0.1, 0.15) is 36.0 Å². The van der Waals surface area contributed by atoms with E-state index in [-0.39, 0.29) is 5.91 Å². The predicted octanol–water partition coefficient (Wildman–Crippen LogP) is 3.14. The van der Waals surface area contributed by atoms with Gasteiger partial charge in [-0.05, 0) is 80.3 Å². The van der Waals surface area contributed by atoms with Gasteiger partial charge in [0.25, 0.3) is 5.91 Å². The Kier molecular flexibility index (Phi) is 8.05. The first kappa shape index (κ1) is 16.4. The smallest absolute Gasteiger partial charge is 0.251 e. The minimum Gasteiger partial charge on any atom is -0.352 e. The van der Waals surface area contributed by atoms with E-state index in [1.807, 2.05) is 24.3 Å². The first-order chi connectivity index (χ1) is 9.09. The van der Waals surface area contributed by atoms with Crippen LogP contribution >= 0.6 is 22.6 Å². The number of amides is 1. The molecule has 0 unspecified atom stereocenters. The summed E-state index contributed by atoms with van der Waals surface area (Å²) in [4.78, 5) is 14.0. The van der Waals surface area contributed by atoms with Gasteiger partial charge in [-0.15, -0.1) is 0 Å². The van der Waals surface area contributed by atoms with Crippen LogP contribution in [0.4, 0.5) is 0 Å². The van der Waals surface area contributed by atoms with Gasteiger partial charge >= 0.3 is 0 Å². The van der Waals surface area contributed by atoms with Crippen molar-refractivity contribution < 1.29 is 4.79 Å². The molecule has 1 amide bonds. The van der Waals surface area contributed by atoms with Crippen molar-refractivity contribution in [2.24, 2.45) is 0 Å². The molecule has 3 nitrogen and oxygen atoms in total. The van der Waals surface area contributed by atoms with Crippen LogP contribution in [0.5, 0.6) is 0 Å². The Labute approximate surface area is 129 Å². The van der Waals surface area contributed by atoms with E-state index in [1.165, 1.54) is 19.3 Å². The molecule has 19 heavy (non-hydrogen) atoms. The number of nitrogens with one attached hydrogen (secondary N) is 1. The Morgan fingerprint density at radius 3 is 2.37 bits per heavy atom. The number of nitrogens with zero attached hydrogens (tertiary/aromatic N) is 1. The topological polar surface area (TPSA) is 32.3 Å². The summed E-state index contributed by atoms with van der Waals surface area (Å²) in [6, 6.07) is 7.65. The van der Waals surface area contributed by atoms with Crippen molar-refractivity contribution in [2.45, 2.75) is 25.7 Å². The molecule has 0 saturated heterocycles. The van der Waals surface area contributed by atoms with E-state index in [0.29, 0.717) is 0 Å². The summed E-state index contributed by atoms with van der Waals surface area (Å²) in [6.07, 6.45) is 4.71. The van der Waals surface area contributed by atoms with Crippen molar-refractivity contribution in [2.75, 3.05) is 27.2 Å². The van der Waals surface area contributed by atoms with Gasteiger partial charge in [0.15, 0.2) is 0 Å². The first-order valence-electron chi connectivity index (χ1n) is 6.78. The third-order valence-corrected chi connectivity index (χ3v) is 3.64. The Bertz CT molecular complexity index is 376. The Balaban J connectivity index is 2.09. The van der Waals surface area contributed by atoms with Gasteiger partial charge in [-0.25, -0.2) is 0 Å². The zero-order chi connectivity index (χ0) is 14.1. The summed E-state index contributed by atoms with van der Waals surface area (Å²) in [6.45, 7) is 1.92. The van der Waals surface area contributed by atoms with Crippen LogP contribution in [0.3, 0.4) is 0 Å². The van der Waals surface area contributed by atoms with Crippen LogP contribution in [0.15, 0.2) is 24.3 Å². The van der Waals surface area contributed by atoms with Crippen LogP contribution in [-0.2, 0) is 0 Å². The summed E-state index contributed by atoms with van der Waals surface area (Å²) in [5.74, 6) is 0.0321. The minimum atomic E-state index is 0.0321. The first-order valence-corrected chi connectivity index (χ1v) is 7.86. The number of benzene rings is 1. The highest BCUT2D eigenvalue weighted by atomic mass is 124. The maximum Gasteiger partial charge on any atom is 0.251 e. The largest absolute Gasteiger partial charge is 0.352 e. The molecule has 4 heteroatoms. The van der Waals surface area contributed by atoms with Crippen LogP contribution in [0.25, 0.3) is 0 Å². The molecule has 0 spiro atoms. The zero-order valence-electron chi connectivity index (χ0n) is 11.8. The average molecular weight is 371 g/mol. The zero-order valence-corrected chi connectivity index (χ0v) is 13.9. The van der Waals surface area contributed by atoms with Crippen LogP contribution in [0.2, 0.25) is 0 Å². The van der Waals surface area contributed by atoms with Crippen LogP contribution < -0.4 is 5.32 Å². The number of carbonyl (C=O) groups excluding carboxylic acids is 1. The summed E-state index contributed by atoms with van der Waals surface area (Å²) < 4.78 is 1.15. The van der Waals surface area contributed by atoms with Gasteiger partial charge in [-0.3, -0.25) is 4.79 Å². The lowest BCUT2D eigenvalue weighted by Crippen LogP contribution is -2.24. The van der Waals surface area contributed by atoms with Gasteiger partial charge in [0.2, 0.25) is 0 Å². The number of halogens is 1. The molecule has 0 aromatic heterocycles. The van der Waals surface area contributed by atoms with E-state index in [4.69, 9.17) is 0 Å². The lowest BCUT2D eigenvalue weighted by Gasteiger charge is -2.09. The van der Waals surface area contributed by atoms with Gasteiger partial charge in [0, 0.05) is 15.7 Å². The number of hydrogen-bond acceptors (Lipinski definition) is 2. The fraction of sp³-hybridized carbons (Fsp3) is 0.533. The second-order valence-electron chi connectivity index (χ2n) is 4.98. The molecular formula is C15H23IN2O. The van der Waals surface area contributed by atoms with E-state index in [1.54, 1.807) is 0 Å². The highest BCUT2D eigenvalue weighted by Crippen LogP contribution is 2.06. The number of carbonyl (C=O) groups is 1. The van der Waals surface area contributed by atoms with E-state index in [2.05, 4.69) is 46.9 Å². The minimum absolute atomic E-state index is 0.0321. The van der Waals surface area contributed by atoms with Gasteiger partial charge in [0.1, 0.15) is 0 Å². The molecular weight excluding hydrogens is 348 g/mol. The highest BCUT2D eigenvalue weighted by molar-refractivity contribution is 14.1. The van der Waals surface area contributed by atoms with Gasteiger partial charge in [-0.1, -0.05) is 12.8 Å². The Morgan fingerprint density at radius 1 is 1.11 bits per heavy atom. The third-order valence-electron chi connectivity index (χ3n) is 2.92. The molecule has 0 heterocycles. The molecule has 1 aromatic rings. The monoisotopic (exact) mass is 371 g/mol. The summed E-state index contributed by atoms with van der Waals surface area (Å²) in [5, 5.41) is 2.97. The Hall–Kier alpha value is -0.620. The summed E-state index contributed by atoms with van der Waals surface area (Å²) >= 11 is 2.24. The molecule has 0 aliphatic carbocycles. The quantitative estimate of drug-likeness (QED) is 0.563. The van der Waals surface area contributed by atoms with Crippen molar-refractivity contribution in [1.29, 1.82) is 0 Å². The summed E-state index contributed by atoms with van der Waals surface area (Å²) in [5.41, 5.74) is 0.744. The molecule has 1 aromatic carbocycles. The van der Waals surface area contributed by atoms with Crippen molar-refractivity contribution in [1.82, 2.24) is 10.2 Å². The fourth-order valence-corrected chi connectivity index (χ4v) is 2.17. The maximum absolute atomic E-state index is 11.8. The highest BCUT2D eigenvalue weighted by Gasteiger charge is 2.03. The van der Waals surface area contributed by atoms with Gasteiger partial charge < -0.3 is 10.2 Å². The van der Waals surface area contributed by atoms with E-state index >= 15 is 0 Å². The summed E-state index contributed by atoms with van der Waals surface area (Å²) in [7, 11) is 4.20. The van der Waals surface area contributed by atoms with Crippen LogP contribution in [-0.4, -0.2) is 38.0 Å². The van der Waals surface area contributed by atoms with Crippen LogP contribution in [0, 0.1) is 3.57 Å². The predicted molar refractivity (Wildman–Crippen MR) is 88.5 cm³/mol. The number of unbranched alkanes of at least 4 members (excludes halogenated alkanes) is 3. The lowest BCUT2D eigenvalue weighted by atomic mass is 10.2. The molecule has 0 bridgehead atoms. The maximum atomic E-state index is 11.8. The number of rotatable bonds is 8. The molecule has 106 valence electrons. The van der Waals surface area contributed by atoms with Crippen molar-refractivity contribution >= 4 is 28.5 Å². The van der Waals surface area contributed by atoms with E-state index in [9.17, 15) is 4.79 Å². The van der Waals surface area contributed by atoms with Gasteiger partial charge in [0.05, 0.1) is 0 Å². The average Bonchev–Trinajstić information content (AvgIpc) is 2.38. The fourth-order valence-electron chi connectivity index (χ4n) is 1.81. The van der Waals surface area contributed by atoms with Crippen molar-refractivity contribution in [3.8, 4) is 0 Å². The van der Waals surface area contributed by atoms with Gasteiger partial charge in [-0.2, -0.15) is 0 Å². The normalized spacial score (nSPS) is 10.7. The SMILES string of the molecule is CN(C)CCCCCCNC(=O)c1ccc([124I])cc1. The second-order valence-corrected chi connectivity index (χ2v) is 6.23. The number of hydrogen-bond donors (Lipinski definition) is 1. The van der Waals surface area contributed by atoms with Crippen molar-refractivity contribution in [3.63, 3.8) is 0 Å². The molecule has 1 N–H and O–H groups in total. The molecule has 0 fully saturated rings. The van der Waals surface area contributed by atoms with E-state index in [0.717, 1.165) is 28.6 Å². The molecule has 0 saturated carbocycles. The van der Waals surface area contributed by atoms with E-state index < -0.39 is 0 Å². The molecule has 0 aliphatic heterocycles.